The van der Waals surface area contributed by atoms with Crippen LogP contribution in [0.4, 0.5) is 22.7 Å². The molecular formula is C15H19N5O7. The Hall–Kier alpha value is -3.44. The Kier molecular flexibility index (Phi) is 5.78. The number of carbonyl (C=O) groups is 2. The predicted molar refractivity (Wildman–Crippen MR) is 94.7 cm³/mol. The molecule has 1 aromatic carbocycles. The van der Waals surface area contributed by atoms with Crippen LogP contribution in [0.15, 0.2) is 12.1 Å². The molecule has 0 spiro atoms. The number of nitro benzene ring substituents is 2. The van der Waals surface area contributed by atoms with Crippen molar-refractivity contribution in [2.45, 2.75) is 38.3 Å². The molecule has 0 radical (unpaired) electrons. The highest BCUT2D eigenvalue weighted by Crippen LogP contribution is 2.40. The fraction of sp³-hybridized carbons (Fsp3) is 0.467. The van der Waals surface area contributed by atoms with E-state index >= 15 is 0 Å². The van der Waals surface area contributed by atoms with Gasteiger partial charge in [0.25, 0.3) is 11.4 Å². The molecule has 0 aliphatic carbocycles. The van der Waals surface area contributed by atoms with Gasteiger partial charge in [0, 0.05) is 6.54 Å². The quantitative estimate of drug-likeness (QED) is 0.462. The first kappa shape index (κ1) is 19.9. The summed E-state index contributed by atoms with van der Waals surface area (Å²) in [5.41, 5.74) is 3.77. The average molecular weight is 381 g/mol. The van der Waals surface area contributed by atoms with Gasteiger partial charge in [-0.1, -0.05) is 0 Å². The van der Waals surface area contributed by atoms with Crippen molar-refractivity contribution >= 4 is 34.6 Å². The van der Waals surface area contributed by atoms with Crippen molar-refractivity contribution in [2.75, 3.05) is 16.8 Å². The van der Waals surface area contributed by atoms with Crippen LogP contribution < -0.4 is 16.0 Å². The lowest BCUT2D eigenvalue weighted by Gasteiger charge is -2.34. The van der Waals surface area contributed by atoms with E-state index in [0.717, 1.165) is 12.1 Å². The highest BCUT2D eigenvalue weighted by Gasteiger charge is 2.35. The lowest BCUT2D eigenvalue weighted by atomic mass is 10.0. The molecule has 12 nitrogen and oxygen atoms in total. The third-order valence-electron chi connectivity index (χ3n) is 4.38. The molecule has 27 heavy (non-hydrogen) atoms. The van der Waals surface area contributed by atoms with Crippen LogP contribution in [-0.4, -0.2) is 45.5 Å². The number of carboxylic acids is 1. The number of amides is 1. The number of nitrogens with two attached hydrogens (primary N) is 1. The molecule has 2 atom stereocenters. The van der Waals surface area contributed by atoms with Crippen molar-refractivity contribution in [1.29, 1.82) is 0 Å². The Morgan fingerprint density at radius 3 is 2.41 bits per heavy atom. The largest absolute Gasteiger partial charge is 0.480 e. The molecule has 12 heteroatoms. The maximum Gasteiger partial charge on any atom is 0.326 e. The lowest BCUT2D eigenvalue weighted by molar-refractivity contribution is -0.393. The van der Waals surface area contributed by atoms with Crippen molar-refractivity contribution < 1.29 is 24.5 Å². The zero-order valence-corrected chi connectivity index (χ0v) is 14.5. The Morgan fingerprint density at radius 2 is 1.89 bits per heavy atom. The highest BCUT2D eigenvalue weighted by atomic mass is 16.6. The molecule has 2 rings (SSSR count). The van der Waals surface area contributed by atoms with E-state index in [1.807, 2.05) is 0 Å². The number of piperidine rings is 1. The second kappa shape index (κ2) is 7.85. The first-order valence-electron chi connectivity index (χ1n) is 8.15. The first-order valence-corrected chi connectivity index (χ1v) is 8.15. The summed E-state index contributed by atoms with van der Waals surface area (Å²) < 4.78 is 0. The molecule has 0 saturated carbocycles. The van der Waals surface area contributed by atoms with E-state index in [9.17, 15) is 34.9 Å². The molecule has 1 aliphatic rings. The molecule has 0 unspecified atom stereocenters. The number of aliphatic carboxylic acids is 1. The summed E-state index contributed by atoms with van der Waals surface area (Å²) in [6.45, 7) is 1.63. The van der Waals surface area contributed by atoms with Crippen LogP contribution >= 0.6 is 0 Å². The maximum absolute atomic E-state index is 11.5. The van der Waals surface area contributed by atoms with E-state index in [4.69, 9.17) is 5.73 Å². The van der Waals surface area contributed by atoms with Gasteiger partial charge >= 0.3 is 5.97 Å². The number of benzene rings is 1. The minimum Gasteiger partial charge on any atom is -0.480 e. The lowest BCUT2D eigenvalue weighted by Crippen LogP contribution is -2.45. The third-order valence-corrected chi connectivity index (χ3v) is 4.38. The SMILES string of the molecule is C[C@@H](Nc1cc(N2CCCC[C@@H]2C(=O)O)c([N+](=O)[O-])cc1[N+](=O)[O-])C(N)=O. The molecule has 1 heterocycles. The summed E-state index contributed by atoms with van der Waals surface area (Å²) in [4.78, 5) is 45.4. The number of nitro groups is 2. The Morgan fingerprint density at radius 1 is 1.26 bits per heavy atom. The van der Waals surface area contributed by atoms with Gasteiger partial charge in [-0.3, -0.25) is 25.0 Å². The van der Waals surface area contributed by atoms with Crippen LogP contribution in [-0.2, 0) is 9.59 Å². The number of hydrogen-bond acceptors (Lipinski definition) is 8. The summed E-state index contributed by atoms with van der Waals surface area (Å²) in [6, 6.07) is -0.0643. The number of hydrogen-bond donors (Lipinski definition) is 3. The van der Waals surface area contributed by atoms with E-state index in [-0.39, 0.29) is 17.9 Å². The second-order valence-electron chi connectivity index (χ2n) is 6.18. The zero-order chi connectivity index (χ0) is 20.3. The van der Waals surface area contributed by atoms with Gasteiger partial charge in [0.15, 0.2) is 0 Å². The minimum atomic E-state index is -1.14. The van der Waals surface area contributed by atoms with E-state index in [0.29, 0.717) is 19.3 Å². The molecule has 4 N–H and O–H groups in total. The predicted octanol–water partition coefficient (Wildman–Crippen LogP) is 1.23. The number of anilines is 2. The molecule has 1 saturated heterocycles. The van der Waals surface area contributed by atoms with Gasteiger partial charge in [0.1, 0.15) is 23.5 Å². The smallest absolute Gasteiger partial charge is 0.326 e. The van der Waals surface area contributed by atoms with Crippen molar-refractivity contribution in [3.63, 3.8) is 0 Å². The van der Waals surface area contributed by atoms with E-state index in [1.165, 1.54) is 11.8 Å². The fourth-order valence-electron chi connectivity index (χ4n) is 2.99. The fourth-order valence-corrected chi connectivity index (χ4v) is 2.99. The maximum atomic E-state index is 11.5. The summed E-state index contributed by atoms with van der Waals surface area (Å²) in [5, 5.41) is 34.8. The third kappa shape index (κ3) is 4.22. The standard InChI is InChI=1S/C15H19N5O7/c1-8(14(16)21)17-9-6-12(13(20(26)27)7-11(9)19(24)25)18-5-3-2-4-10(18)15(22)23/h6-8,10,17H,2-5H2,1H3,(H2,16,21)(H,22,23)/t8-,10-/m1/s1. The van der Waals surface area contributed by atoms with E-state index in [2.05, 4.69) is 5.32 Å². The summed E-state index contributed by atoms with van der Waals surface area (Å²) in [7, 11) is 0. The molecule has 146 valence electrons. The van der Waals surface area contributed by atoms with Gasteiger partial charge in [0.05, 0.1) is 15.9 Å². The Bertz CT molecular complexity index is 797. The van der Waals surface area contributed by atoms with Gasteiger partial charge in [-0.15, -0.1) is 0 Å². The van der Waals surface area contributed by atoms with Gasteiger partial charge in [0.2, 0.25) is 5.91 Å². The molecular weight excluding hydrogens is 362 g/mol. The first-order chi connectivity index (χ1) is 12.6. The summed E-state index contributed by atoms with van der Waals surface area (Å²) in [5.74, 6) is -1.91. The van der Waals surface area contributed by atoms with Crippen molar-refractivity contribution in [3.05, 3.63) is 32.4 Å². The van der Waals surface area contributed by atoms with Crippen LogP contribution in [0.5, 0.6) is 0 Å². The van der Waals surface area contributed by atoms with Crippen molar-refractivity contribution in [2.24, 2.45) is 5.73 Å². The highest BCUT2D eigenvalue weighted by molar-refractivity contribution is 5.87. The molecule has 0 bridgehead atoms. The normalized spacial score (nSPS) is 17.8. The van der Waals surface area contributed by atoms with Gasteiger partial charge < -0.3 is 21.1 Å². The molecule has 0 aromatic heterocycles. The Labute approximate surface area is 153 Å². The van der Waals surface area contributed by atoms with Crippen LogP contribution in [0.1, 0.15) is 26.2 Å². The second-order valence-corrected chi connectivity index (χ2v) is 6.18. The number of nitrogens with zero attached hydrogens (tertiary/aromatic N) is 3. The van der Waals surface area contributed by atoms with Crippen LogP contribution in [0.3, 0.4) is 0 Å². The number of carbonyl (C=O) groups excluding carboxylic acids is 1. The van der Waals surface area contributed by atoms with Crippen molar-refractivity contribution in [3.8, 4) is 0 Å². The topological polar surface area (TPSA) is 182 Å². The molecule has 1 aliphatic heterocycles. The van der Waals surface area contributed by atoms with Crippen molar-refractivity contribution in [1.82, 2.24) is 0 Å². The van der Waals surface area contributed by atoms with Crippen LogP contribution in [0, 0.1) is 20.2 Å². The van der Waals surface area contributed by atoms with Crippen LogP contribution in [0.25, 0.3) is 0 Å². The molecule has 1 aromatic rings. The monoisotopic (exact) mass is 381 g/mol. The summed E-state index contributed by atoms with van der Waals surface area (Å²) in [6.07, 6.45) is 1.57. The minimum absolute atomic E-state index is 0.0585. The number of nitrogens with one attached hydrogen (secondary N) is 1. The van der Waals surface area contributed by atoms with Gasteiger partial charge in [-0.2, -0.15) is 0 Å². The van der Waals surface area contributed by atoms with Gasteiger partial charge in [-0.05, 0) is 32.3 Å². The summed E-state index contributed by atoms with van der Waals surface area (Å²) >= 11 is 0. The van der Waals surface area contributed by atoms with E-state index < -0.39 is 45.2 Å². The zero-order valence-electron chi connectivity index (χ0n) is 14.5. The van der Waals surface area contributed by atoms with E-state index in [1.54, 1.807) is 0 Å². The number of carboxylic acid groups (broad SMARTS) is 1. The number of primary amides is 1. The number of rotatable bonds is 7. The van der Waals surface area contributed by atoms with Crippen LogP contribution in [0.2, 0.25) is 0 Å². The average Bonchev–Trinajstić information content (AvgIpc) is 2.60. The molecule has 1 amide bonds. The Balaban J connectivity index is 2.63. The van der Waals surface area contributed by atoms with Gasteiger partial charge in [-0.25, -0.2) is 4.79 Å². The molecule has 1 fully saturated rings.